The van der Waals surface area contributed by atoms with Crippen LogP contribution in [-0.2, 0) is 4.79 Å². The van der Waals surface area contributed by atoms with Crippen molar-refractivity contribution in [2.75, 3.05) is 14.2 Å². The van der Waals surface area contributed by atoms with Gasteiger partial charge in [0.2, 0.25) is 0 Å². The molecule has 1 unspecified atom stereocenters. The molecule has 1 aromatic carbocycles. The average molecular weight is 237 g/mol. The zero-order valence-corrected chi connectivity index (χ0v) is 10.5. The van der Waals surface area contributed by atoms with Gasteiger partial charge in [0.25, 0.3) is 0 Å². The van der Waals surface area contributed by atoms with Crippen molar-refractivity contribution in [2.24, 2.45) is 0 Å². The van der Waals surface area contributed by atoms with Crippen molar-refractivity contribution in [3.63, 3.8) is 0 Å². The van der Waals surface area contributed by atoms with Crippen molar-refractivity contribution in [3.05, 3.63) is 29.3 Å². The Labute approximate surface area is 102 Å². The van der Waals surface area contributed by atoms with Crippen LogP contribution in [0.2, 0.25) is 0 Å². The number of rotatable bonds is 6. The SMILES string of the molecule is CNC(CCC(=O)O)c1ccc(OC)c(C)c1. The second-order valence-corrected chi connectivity index (χ2v) is 4.00. The first kappa shape index (κ1) is 13.5. The number of carbonyl (C=O) groups is 1. The maximum atomic E-state index is 10.6. The van der Waals surface area contributed by atoms with Crippen LogP contribution in [0.15, 0.2) is 18.2 Å². The molecule has 4 heteroatoms. The third-order valence-corrected chi connectivity index (χ3v) is 2.82. The molecule has 0 aliphatic carbocycles. The molecular formula is C13H19NO3. The third kappa shape index (κ3) is 3.75. The smallest absolute Gasteiger partial charge is 0.303 e. The Bertz CT molecular complexity index is 390. The molecule has 2 N–H and O–H groups in total. The van der Waals surface area contributed by atoms with Crippen LogP contribution in [-0.4, -0.2) is 25.2 Å². The van der Waals surface area contributed by atoms with Gasteiger partial charge in [-0.2, -0.15) is 0 Å². The molecule has 1 rings (SSSR count). The molecule has 0 radical (unpaired) electrons. The van der Waals surface area contributed by atoms with Crippen molar-refractivity contribution in [2.45, 2.75) is 25.8 Å². The summed E-state index contributed by atoms with van der Waals surface area (Å²) in [5.74, 6) is 0.0809. The number of benzene rings is 1. The van der Waals surface area contributed by atoms with E-state index in [4.69, 9.17) is 9.84 Å². The van der Waals surface area contributed by atoms with E-state index in [9.17, 15) is 4.79 Å². The van der Waals surface area contributed by atoms with Gasteiger partial charge < -0.3 is 15.2 Å². The van der Waals surface area contributed by atoms with Crippen molar-refractivity contribution in [3.8, 4) is 5.75 Å². The molecular weight excluding hydrogens is 218 g/mol. The zero-order valence-electron chi connectivity index (χ0n) is 10.5. The third-order valence-electron chi connectivity index (χ3n) is 2.82. The number of carboxylic acids is 1. The Morgan fingerprint density at radius 2 is 2.24 bits per heavy atom. The zero-order chi connectivity index (χ0) is 12.8. The Balaban J connectivity index is 2.81. The lowest BCUT2D eigenvalue weighted by molar-refractivity contribution is -0.137. The normalized spacial score (nSPS) is 12.2. The standard InChI is InChI=1S/C13H19NO3/c1-9-8-10(4-6-12(9)17-3)11(14-2)5-7-13(15)16/h4,6,8,11,14H,5,7H2,1-3H3,(H,15,16). The molecule has 0 bridgehead atoms. The van der Waals surface area contributed by atoms with Crippen LogP contribution in [0.1, 0.15) is 30.0 Å². The van der Waals surface area contributed by atoms with Crippen LogP contribution in [0.4, 0.5) is 0 Å². The van der Waals surface area contributed by atoms with E-state index in [-0.39, 0.29) is 12.5 Å². The number of aryl methyl sites for hydroxylation is 1. The molecule has 0 amide bonds. The van der Waals surface area contributed by atoms with Gasteiger partial charge in [-0.05, 0) is 37.6 Å². The number of ether oxygens (including phenoxy) is 1. The number of carboxylic acid groups (broad SMARTS) is 1. The summed E-state index contributed by atoms with van der Waals surface area (Å²) in [5, 5.41) is 11.8. The van der Waals surface area contributed by atoms with E-state index in [1.807, 2.05) is 32.2 Å². The summed E-state index contributed by atoms with van der Waals surface area (Å²) in [6.07, 6.45) is 0.744. The minimum atomic E-state index is -0.768. The fraction of sp³-hybridized carbons (Fsp3) is 0.462. The van der Waals surface area contributed by atoms with Crippen molar-refractivity contribution in [1.29, 1.82) is 0 Å². The van der Waals surface area contributed by atoms with Crippen LogP contribution < -0.4 is 10.1 Å². The van der Waals surface area contributed by atoms with E-state index >= 15 is 0 Å². The molecule has 0 aliphatic heterocycles. The summed E-state index contributed by atoms with van der Waals surface area (Å²) >= 11 is 0. The number of aliphatic carboxylic acids is 1. The number of nitrogens with one attached hydrogen (secondary N) is 1. The fourth-order valence-corrected chi connectivity index (χ4v) is 1.86. The van der Waals surface area contributed by atoms with Gasteiger partial charge in [0, 0.05) is 12.5 Å². The van der Waals surface area contributed by atoms with Crippen LogP contribution in [0.25, 0.3) is 0 Å². The lowest BCUT2D eigenvalue weighted by Crippen LogP contribution is -2.17. The van der Waals surface area contributed by atoms with Crippen LogP contribution in [0, 0.1) is 6.92 Å². The first-order valence-electron chi connectivity index (χ1n) is 5.62. The molecule has 1 aromatic rings. The van der Waals surface area contributed by atoms with E-state index in [1.165, 1.54) is 0 Å². The van der Waals surface area contributed by atoms with Gasteiger partial charge in [-0.3, -0.25) is 4.79 Å². The van der Waals surface area contributed by atoms with Crippen molar-refractivity contribution >= 4 is 5.97 Å². The molecule has 0 heterocycles. The minimum absolute atomic E-state index is 0.0655. The second-order valence-electron chi connectivity index (χ2n) is 4.00. The lowest BCUT2D eigenvalue weighted by atomic mass is 10.00. The molecule has 1 atom stereocenters. The molecule has 0 saturated carbocycles. The van der Waals surface area contributed by atoms with Gasteiger partial charge in [-0.15, -0.1) is 0 Å². The number of methoxy groups -OCH3 is 1. The van der Waals surface area contributed by atoms with E-state index in [0.717, 1.165) is 16.9 Å². The topological polar surface area (TPSA) is 58.6 Å². The molecule has 0 spiro atoms. The van der Waals surface area contributed by atoms with E-state index in [1.54, 1.807) is 7.11 Å². The maximum absolute atomic E-state index is 10.6. The predicted octanol–water partition coefficient (Wildman–Crippen LogP) is 2.13. The molecule has 0 aromatic heterocycles. The molecule has 0 fully saturated rings. The van der Waals surface area contributed by atoms with E-state index < -0.39 is 5.97 Å². The molecule has 4 nitrogen and oxygen atoms in total. The number of hydrogen-bond donors (Lipinski definition) is 2. The van der Waals surface area contributed by atoms with Crippen LogP contribution >= 0.6 is 0 Å². The minimum Gasteiger partial charge on any atom is -0.496 e. The second kappa shape index (κ2) is 6.25. The van der Waals surface area contributed by atoms with Gasteiger partial charge in [-0.1, -0.05) is 12.1 Å². The molecule has 0 saturated heterocycles. The summed E-state index contributed by atoms with van der Waals surface area (Å²) in [7, 11) is 3.48. The van der Waals surface area contributed by atoms with Gasteiger partial charge >= 0.3 is 5.97 Å². The van der Waals surface area contributed by atoms with Gasteiger partial charge in [0.15, 0.2) is 0 Å². The summed E-state index contributed by atoms with van der Waals surface area (Å²) in [5.41, 5.74) is 2.15. The van der Waals surface area contributed by atoms with Crippen molar-refractivity contribution < 1.29 is 14.6 Å². The lowest BCUT2D eigenvalue weighted by Gasteiger charge is -2.17. The van der Waals surface area contributed by atoms with E-state index in [2.05, 4.69) is 5.32 Å². The Morgan fingerprint density at radius 1 is 1.53 bits per heavy atom. The monoisotopic (exact) mass is 237 g/mol. The summed E-state index contributed by atoms with van der Waals surface area (Å²) in [6.45, 7) is 1.98. The van der Waals surface area contributed by atoms with Crippen LogP contribution in [0.3, 0.4) is 0 Å². The predicted molar refractivity (Wildman–Crippen MR) is 66.4 cm³/mol. The number of hydrogen-bond acceptors (Lipinski definition) is 3. The first-order chi connectivity index (χ1) is 8.08. The van der Waals surface area contributed by atoms with Gasteiger partial charge in [0.05, 0.1) is 7.11 Å². The van der Waals surface area contributed by atoms with E-state index in [0.29, 0.717) is 6.42 Å². The Kier molecular flexibility index (Phi) is 4.97. The van der Waals surface area contributed by atoms with Crippen molar-refractivity contribution in [1.82, 2.24) is 5.32 Å². The highest BCUT2D eigenvalue weighted by Gasteiger charge is 2.12. The first-order valence-corrected chi connectivity index (χ1v) is 5.62. The average Bonchev–Trinajstić information content (AvgIpc) is 2.29. The van der Waals surface area contributed by atoms with Gasteiger partial charge in [0.1, 0.15) is 5.75 Å². The van der Waals surface area contributed by atoms with Crippen LogP contribution in [0.5, 0.6) is 5.75 Å². The Hall–Kier alpha value is -1.55. The summed E-state index contributed by atoms with van der Waals surface area (Å²) < 4.78 is 5.20. The Morgan fingerprint density at radius 3 is 2.71 bits per heavy atom. The molecule has 0 aliphatic rings. The van der Waals surface area contributed by atoms with Gasteiger partial charge in [-0.25, -0.2) is 0 Å². The highest BCUT2D eigenvalue weighted by molar-refractivity contribution is 5.66. The molecule has 94 valence electrons. The largest absolute Gasteiger partial charge is 0.496 e. The quantitative estimate of drug-likeness (QED) is 0.795. The fourth-order valence-electron chi connectivity index (χ4n) is 1.86. The highest BCUT2D eigenvalue weighted by atomic mass is 16.5. The summed E-state index contributed by atoms with van der Waals surface area (Å²) in [4.78, 5) is 10.6. The summed E-state index contributed by atoms with van der Waals surface area (Å²) in [6, 6.07) is 5.97. The highest BCUT2D eigenvalue weighted by Crippen LogP contribution is 2.24. The molecule has 17 heavy (non-hydrogen) atoms. The maximum Gasteiger partial charge on any atom is 0.303 e.